The zero-order valence-electron chi connectivity index (χ0n) is 19.5. The van der Waals surface area contributed by atoms with E-state index in [2.05, 4.69) is 5.32 Å². The van der Waals surface area contributed by atoms with Crippen molar-refractivity contribution in [1.29, 1.82) is 0 Å². The van der Waals surface area contributed by atoms with Gasteiger partial charge in [0.1, 0.15) is 17.2 Å². The van der Waals surface area contributed by atoms with E-state index in [9.17, 15) is 14.4 Å². The molecule has 2 aliphatic heterocycles. The Hall–Kier alpha value is -1.99. The molecule has 0 aromatic heterocycles. The van der Waals surface area contributed by atoms with Crippen molar-refractivity contribution in [2.75, 3.05) is 26.2 Å². The van der Waals surface area contributed by atoms with Crippen LogP contribution in [-0.2, 0) is 14.3 Å². The fourth-order valence-electron chi connectivity index (χ4n) is 3.84. The van der Waals surface area contributed by atoms with Crippen LogP contribution < -0.4 is 5.32 Å². The minimum Gasteiger partial charge on any atom is -0.444 e. The molecule has 2 rings (SSSR count). The molecule has 1 N–H and O–H groups in total. The number of nitrogens with zero attached hydrogens (tertiary/aromatic N) is 2. The summed E-state index contributed by atoms with van der Waals surface area (Å²) in [5, 5.41) is 2.80. The van der Waals surface area contributed by atoms with Gasteiger partial charge in [0, 0.05) is 26.2 Å². The molecule has 0 bridgehead atoms. The molecule has 0 aromatic carbocycles. The smallest absolute Gasteiger partial charge is 0.410 e. The number of hydrogen-bond acceptors (Lipinski definition) is 5. The molecule has 0 radical (unpaired) electrons. The predicted octanol–water partition coefficient (Wildman–Crippen LogP) is 3.54. The number of amides is 3. The van der Waals surface area contributed by atoms with E-state index in [1.54, 1.807) is 25.7 Å². The summed E-state index contributed by atoms with van der Waals surface area (Å²) >= 11 is 0. The quantitative estimate of drug-likeness (QED) is 0.744. The van der Waals surface area contributed by atoms with Crippen molar-refractivity contribution in [3.8, 4) is 0 Å². The summed E-state index contributed by atoms with van der Waals surface area (Å²) in [5.74, 6) is 0.211. The molecule has 2 heterocycles. The van der Waals surface area contributed by atoms with Crippen molar-refractivity contribution in [1.82, 2.24) is 15.1 Å². The minimum absolute atomic E-state index is 0.0343. The first-order chi connectivity index (χ1) is 13.8. The second-order valence-corrected chi connectivity index (χ2v) is 10.4. The maximum atomic E-state index is 13.0. The Labute approximate surface area is 180 Å². The number of hydrogen-bond donors (Lipinski definition) is 1. The van der Waals surface area contributed by atoms with Gasteiger partial charge in [0.2, 0.25) is 5.91 Å². The fraction of sp³-hybridized carbons (Fsp3) is 0.864. The highest BCUT2D eigenvalue weighted by atomic mass is 16.6. The zero-order chi connectivity index (χ0) is 22.5. The molecular weight excluding hydrogens is 386 g/mol. The second-order valence-electron chi connectivity index (χ2n) is 10.4. The van der Waals surface area contributed by atoms with Crippen molar-refractivity contribution >= 4 is 18.1 Å². The molecule has 30 heavy (non-hydrogen) atoms. The predicted molar refractivity (Wildman–Crippen MR) is 114 cm³/mol. The minimum atomic E-state index is -0.621. The van der Waals surface area contributed by atoms with Gasteiger partial charge in [-0.3, -0.25) is 4.79 Å². The number of carbonyl (C=O) groups is 3. The van der Waals surface area contributed by atoms with E-state index in [1.165, 1.54) is 0 Å². The van der Waals surface area contributed by atoms with Crippen LogP contribution in [0.15, 0.2) is 0 Å². The SMILES string of the molecule is CC(C)(C)OC(=O)N[C@@H](CC1CCN(C(=O)OC(C)(C)C)CC1)C(=O)N1CCCC1. The van der Waals surface area contributed by atoms with Crippen LogP contribution in [0.1, 0.15) is 73.6 Å². The number of rotatable bonds is 4. The van der Waals surface area contributed by atoms with Gasteiger partial charge in [-0.15, -0.1) is 0 Å². The second kappa shape index (κ2) is 9.88. The molecule has 2 saturated heterocycles. The first-order valence-corrected chi connectivity index (χ1v) is 11.1. The third-order valence-corrected chi connectivity index (χ3v) is 5.24. The highest BCUT2D eigenvalue weighted by Crippen LogP contribution is 2.25. The topological polar surface area (TPSA) is 88.2 Å². The van der Waals surface area contributed by atoms with Crippen LogP contribution in [0.4, 0.5) is 9.59 Å². The molecule has 0 unspecified atom stereocenters. The summed E-state index contributed by atoms with van der Waals surface area (Å²) in [6.45, 7) is 13.6. The molecule has 2 fully saturated rings. The summed E-state index contributed by atoms with van der Waals surface area (Å²) in [4.78, 5) is 41.2. The monoisotopic (exact) mass is 425 g/mol. The number of carbonyl (C=O) groups excluding carboxylic acids is 3. The normalized spacial score (nSPS) is 19.4. The molecule has 2 aliphatic rings. The van der Waals surface area contributed by atoms with Gasteiger partial charge in [0.05, 0.1) is 0 Å². The summed E-state index contributed by atoms with van der Waals surface area (Å²) in [5.41, 5.74) is -1.14. The van der Waals surface area contributed by atoms with Crippen molar-refractivity contribution in [2.24, 2.45) is 5.92 Å². The maximum absolute atomic E-state index is 13.0. The van der Waals surface area contributed by atoms with E-state index in [1.807, 2.05) is 25.7 Å². The molecule has 3 amide bonds. The summed E-state index contributed by atoms with van der Waals surface area (Å²) in [6, 6.07) is -0.601. The van der Waals surface area contributed by atoms with Crippen LogP contribution in [0.2, 0.25) is 0 Å². The zero-order valence-corrected chi connectivity index (χ0v) is 19.5. The lowest BCUT2D eigenvalue weighted by atomic mass is 9.90. The maximum Gasteiger partial charge on any atom is 0.410 e. The van der Waals surface area contributed by atoms with E-state index in [-0.39, 0.29) is 17.9 Å². The van der Waals surface area contributed by atoms with Crippen molar-refractivity contribution in [3.63, 3.8) is 0 Å². The van der Waals surface area contributed by atoms with Crippen LogP contribution in [0.3, 0.4) is 0 Å². The Morgan fingerprint density at radius 3 is 1.90 bits per heavy atom. The van der Waals surface area contributed by atoms with Gasteiger partial charge in [0.25, 0.3) is 0 Å². The number of likely N-dealkylation sites (tertiary alicyclic amines) is 2. The standard InChI is InChI=1S/C22H39N3O5/c1-21(2,3)29-19(27)23-17(18(26)24-11-7-8-12-24)15-16-9-13-25(14-10-16)20(28)30-22(4,5)6/h16-17H,7-15H2,1-6H3,(H,23,27)/t17-/m0/s1. The number of nitrogens with one attached hydrogen (secondary N) is 1. The third-order valence-electron chi connectivity index (χ3n) is 5.24. The van der Waals surface area contributed by atoms with Crippen LogP contribution in [0.5, 0.6) is 0 Å². The Kier molecular flexibility index (Phi) is 7.99. The first kappa shape index (κ1) is 24.3. The van der Waals surface area contributed by atoms with E-state index in [0.29, 0.717) is 19.5 Å². The molecule has 0 spiro atoms. The van der Waals surface area contributed by atoms with E-state index >= 15 is 0 Å². The van der Waals surface area contributed by atoms with Crippen molar-refractivity contribution in [2.45, 2.75) is 90.9 Å². The average Bonchev–Trinajstić information content (AvgIpc) is 3.12. The number of ether oxygens (including phenoxy) is 2. The molecule has 8 heteroatoms. The summed E-state index contributed by atoms with van der Waals surface area (Å²) in [6.07, 6.45) is 3.25. The van der Waals surface area contributed by atoms with E-state index < -0.39 is 23.3 Å². The van der Waals surface area contributed by atoms with Crippen LogP contribution in [-0.4, -0.2) is 71.3 Å². The van der Waals surface area contributed by atoms with Gasteiger partial charge in [-0.25, -0.2) is 9.59 Å². The Bertz CT molecular complexity index is 609. The van der Waals surface area contributed by atoms with E-state index in [4.69, 9.17) is 9.47 Å². The van der Waals surface area contributed by atoms with Gasteiger partial charge < -0.3 is 24.6 Å². The lowest BCUT2D eigenvalue weighted by Gasteiger charge is -2.35. The van der Waals surface area contributed by atoms with Gasteiger partial charge >= 0.3 is 12.2 Å². The molecule has 8 nitrogen and oxygen atoms in total. The van der Waals surface area contributed by atoms with Gasteiger partial charge in [-0.05, 0) is 79.6 Å². The molecule has 172 valence electrons. The van der Waals surface area contributed by atoms with Gasteiger partial charge in [-0.2, -0.15) is 0 Å². The highest BCUT2D eigenvalue weighted by molar-refractivity contribution is 5.86. The molecular formula is C22H39N3O5. The first-order valence-electron chi connectivity index (χ1n) is 11.1. The Balaban J connectivity index is 1.94. The van der Waals surface area contributed by atoms with Crippen LogP contribution in [0, 0.1) is 5.92 Å². The average molecular weight is 426 g/mol. The number of alkyl carbamates (subject to hydrolysis) is 1. The van der Waals surface area contributed by atoms with Crippen LogP contribution >= 0.6 is 0 Å². The number of piperidine rings is 1. The summed E-state index contributed by atoms with van der Waals surface area (Å²) < 4.78 is 10.8. The van der Waals surface area contributed by atoms with Gasteiger partial charge in [0.15, 0.2) is 0 Å². The van der Waals surface area contributed by atoms with Crippen LogP contribution in [0.25, 0.3) is 0 Å². The molecule has 0 aliphatic carbocycles. The third kappa shape index (κ3) is 8.03. The molecule has 1 atom stereocenters. The molecule has 0 aromatic rings. The Morgan fingerprint density at radius 1 is 0.867 bits per heavy atom. The van der Waals surface area contributed by atoms with E-state index in [0.717, 1.165) is 38.8 Å². The lowest BCUT2D eigenvalue weighted by Crippen LogP contribution is -2.50. The Morgan fingerprint density at radius 2 is 1.40 bits per heavy atom. The lowest BCUT2D eigenvalue weighted by molar-refractivity contribution is -0.133. The van der Waals surface area contributed by atoms with Crippen molar-refractivity contribution in [3.05, 3.63) is 0 Å². The summed E-state index contributed by atoms with van der Waals surface area (Å²) in [7, 11) is 0. The highest BCUT2D eigenvalue weighted by Gasteiger charge is 2.34. The molecule has 0 saturated carbocycles. The fourth-order valence-corrected chi connectivity index (χ4v) is 3.84. The van der Waals surface area contributed by atoms with Crippen molar-refractivity contribution < 1.29 is 23.9 Å². The van der Waals surface area contributed by atoms with Gasteiger partial charge in [-0.1, -0.05) is 0 Å². The largest absolute Gasteiger partial charge is 0.444 e.